The summed E-state index contributed by atoms with van der Waals surface area (Å²) in [7, 11) is 0. The number of hydrogen-bond donors (Lipinski definition) is 2. The van der Waals surface area contributed by atoms with Crippen LogP contribution in [-0.2, 0) is 9.59 Å². The van der Waals surface area contributed by atoms with Gasteiger partial charge in [-0.2, -0.15) is 0 Å². The van der Waals surface area contributed by atoms with Crippen molar-refractivity contribution in [1.29, 1.82) is 0 Å². The molecule has 0 fully saturated rings. The largest absolute Gasteiger partial charge is 1.00 e. The van der Waals surface area contributed by atoms with Gasteiger partial charge in [-0.25, -0.2) is 0 Å². The molecule has 0 saturated heterocycles. The molecule has 0 aliphatic rings. The van der Waals surface area contributed by atoms with Crippen LogP contribution < -0.4 is 35.3 Å². The molecule has 8 heavy (non-hydrogen) atoms. The molecule has 0 bridgehead atoms. The zero-order chi connectivity index (χ0) is 5.86. The van der Waals surface area contributed by atoms with Crippen LogP contribution >= 0.6 is 0 Å². The summed E-state index contributed by atoms with van der Waals surface area (Å²) in [6.07, 6.45) is 0.169. The van der Waals surface area contributed by atoms with Crippen molar-refractivity contribution in [2.45, 2.75) is 6.04 Å². The van der Waals surface area contributed by atoms with E-state index in [1.54, 1.807) is 0 Å². The summed E-state index contributed by atoms with van der Waals surface area (Å²) in [5.41, 5.74) is 4.65. The first-order valence-corrected chi connectivity index (χ1v) is 1.62. The number of rotatable bonds is 2. The maximum atomic E-state index is 9.57. The van der Waals surface area contributed by atoms with Gasteiger partial charge in [-0.3, -0.25) is 4.79 Å². The number of nitrogens with two attached hydrogens (primary N) is 1. The predicted molar refractivity (Wildman–Crippen MR) is 22.8 cm³/mol. The van der Waals surface area contributed by atoms with Crippen LogP contribution in [0.5, 0.6) is 0 Å². The standard InChI is InChI=1S/C3H5NO3.Na.H/c4-2(1-5)3(6)7;;/h1-2H,4H2,(H,6,7);;/q;+1;-1. The first-order valence-electron chi connectivity index (χ1n) is 1.62. The van der Waals surface area contributed by atoms with Crippen LogP contribution in [0.4, 0.5) is 0 Å². The Kier molecular flexibility index (Phi) is 7.19. The Bertz CT molecular complexity index is 99.1. The van der Waals surface area contributed by atoms with Gasteiger partial charge in [0.1, 0.15) is 6.29 Å². The van der Waals surface area contributed by atoms with Crippen LogP contribution in [0.15, 0.2) is 0 Å². The van der Waals surface area contributed by atoms with Gasteiger partial charge in [0.15, 0.2) is 6.04 Å². The van der Waals surface area contributed by atoms with Crippen molar-refractivity contribution >= 4 is 12.3 Å². The van der Waals surface area contributed by atoms with E-state index >= 15 is 0 Å². The van der Waals surface area contributed by atoms with Crippen molar-refractivity contribution in [2.75, 3.05) is 0 Å². The van der Waals surface area contributed by atoms with E-state index in [4.69, 9.17) is 5.11 Å². The van der Waals surface area contributed by atoms with E-state index in [9.17, 15) is 9.59 Å². The van der Waals surface area contributed by atoms with Crippen LogP contribution in [0.3, 0.4) is 0 Å². The second-order valence-electron chi connectivity index (χ2n) is 1.00. The zero-order valence-electron chi connectivity index (χ0n) is 5.50. The number of carboxylic acids is 1. The van der Waals surface area contributed by atoms with Gasteiger partial charge in [0.05, 0.1) is 0 Å². The molecule has 1 unspecified atom stereocenters. The van der Waals surface area contributed by atoms with Gasteiger partial charge in [-0.15, -0.1) is 0 Å². The summed E-state index contributed by atoms with van der Waals surface area (Å²) in [4.78, 5) is 19.0. The monoisotopic (exact) mass is 127 g/mol. The number of aldehydes is 1. The molecule has 0 aliphatic carbocycles. The quantitative estimate of drug-likeness (QED) is 0.223. The van der Waals surface area contributed by atoms with Crippen LogP contribution in [0.2, 0.25) is 0 Å². The summed E-state index contributed by atoms with van der Waals surface area (Å²) < 4.78 is 0. The Morgan fingerprint density at radius 2 is 2.25 bits per heavy atom. The van der Waals surface area contributed by atoms with Gasteiger partial charge in [-0.1, -0.05) is 0 Å². The van der Waals surface area contributed by atoms with Crippen molar-refractivity contribution in [2.24, 2.45) is 5.73 Å². The van der Waals surface area contributed by atoms with Crippen LogP contribution in [0.25, 0.3) is 0 Å². The van der Waals surface area contributed by atoms with E-state index in [0.717, 1.165) is 0 Å². The molecule has 42 valence electrons. The number of aliphatic carboxylic acids is 1. The van der Waals surface area contributed by atoms with E-state index in [1.807, 2.05) is 0 Å². The molecule has 5 heteroatoms. The Morgan fingerprint density at radius 1 is 1.88 bits per heavy atom. The maximum Gasteiger partial charge on any atom is 1.00 e. The van der Waals surface area contributed by atoms with E-state index < -0.39 is 12.0 Å². The summed E-state index contributed by atoms with van der Waals surface area (Å²) >= 11 is 0. The number of carbonyl (C=O) groups excluding carboxylic acids is 1. The molecule has 4 nitrogen and oxygen atoms in total. The van der Waals surface area contributed by atoms with Gasteiger partial charge in [-0.05, 0) is 0 Å². The van der Waals surface area contributed by atoms with E-state index in [2.05, 4.69) is 5.73 Å². The maximum absolute atomic E-state index is 9.57. The van der Waals surface area contributed by atoms with Gasteiger partial charge in [0.25, 0.3) is 0 Å². The Hall–Kier alpha value is 0.100. The third-order valence-electron chi connectivity index (χ3n) is 0.432. The Balaban J connectivity index is -0.000000180. The van der Waals surface area contributed by atoms with Crippen molar-refractivity contribution < 1.29 is 45.7 Å². The van der Waals surface area contributed by atoms with Crippen LogP contribution in [0.1, 0.15) is 1.43 Å². The van der Waals surface area contributed by atoms with Crippen molar-refractivity contribution in [1.82, 2.24) is 0 Å². The third kappa shape index (κ3) is 4.26. The molecule has 0 rings (SSSR count). The smallest absolute Gasteiger partial charge is 1.00 e. The molecule has 0 aliphatic heterocycles. The second-order valence-corrected chi connectivity index (χ2v) is 1.00. The fourth-order valence-electron chi connectivity index (χ4n) is 0.0582. The molecule has 0 radical (unpaired) electrons. The van der Waals surface area contributed by atoms with Crippen LogP contribution in [-0.4, -0.2) is 23.4 Å². The van der Waals surface area contributed by atoms with E-state index in [-0.39, 0.29) is 37.3 Å². The zero-order valence-corrected chi connectivity index (χ0v) is 6.50. The van der Waals surface area contributed by atoms with E-state index in [0.29, 0.717) is 0 Å². The minimum absolute atomic E-state index is 0. The van der Waals surface area contributed by atoms with E-state index in [1.165, 1.54) is 0 Å². The first-order chi connectivity index (χ1) is 3.18. The summed E-state index contributed by atoms with van der Waals surface area (Å²) in [5.74, 6) is -1.30. The SMILES string of the molecule is NC(C=O)C(=O)O.[H-].[Na+]. The molecular weight excluding hydrogens is 121 g/mol. The molecule has 0 saturated carbocycles. The molecule has 0 amide bonds. The van der Waals surface area contributed by atoms with Gasteiger partial charge >= 0.3 is 35.5 Å². The number of hydrogen-bond acceptors (Lipinski definition) is 3. The minimum atomic E-state index is -1.36. The fourth-order valence-corrected chi connectivity index (χ4v) is 0.0582. The van der Waals surface area contributed by atoms with Gasteiger partial charge < -0.3 is 17.1 Å². The Morgan fingerprint density at radius 3 is 2.25 bits per heavy atom. The average Bonchev–Trinajstić information content (AvgIpc) is 1.65. The van der Waals surface area contributed by atoms with Gasteiger partial charge in [0.2, 0.25) is 0 Å². The minimum Gasteiger partial charge on any atom is -1.00 e. The third-order valence-corrected chi connectivity index (χ3v) is 0.432. The molecule has 1 atom stereocenters. The number of carboxylic acid groups (broad SMARTS) is 1. The summed E-state index contributed by atoms with van der Waals surface area (Å²) in [6.45, 7) is 0. The molecule has 0 aromatic carbocycles. The average molecular weight is 127 g/mol. The molecule has 0 heterocycles. The first kappa shape index (κ1) is 11.0. The molecular formula is C3H6NNaO3. The van der Waals surface area contributed by atoms with Crippen LogP contribution in [0, 0.1) is 0 Å². The van der Waals surface area contributed by atoms with Crippen molar-refractivity contribution in [3.05, 3.63) is 0 Å². The summed E-state index contributed by atoms with van der Waals surface area (Å²) in [6, 6.07) is -1.36. The molecule has 0 aromatic rings. The molecule has 3 N–H and O–H groups in total. The fraction of sp³-hybridized carbons (Fsp3) is 0.333. The summed E-state index contributed by atoms with van der Waals surface area (Å²) in [5, 5.41) is 7.83. The molecule has 0 spiro atoms. The van der Waals surface area contributed by atoms with Gasteiger partial charge in [0, 0.05) is 0 Å². The predicted octanol–water partition coefficient (Wildman–Crippen LogP) is -4.29. The Labute approximate surface area is 69.8 Å². The van der Waals surface area contributed by atoms with Crippen molar-refractivity contribution in [3.8, 4) is 0 Å². The topological polar surface area (TPSA) is 80.4 Å². The number of carbonyl (C=O) groups is 2. The van der Waals surface area contributed by atoms with Crippen molar-refractivity contribution in [3.63, 3.8) is 0 Å². The second kappa shape index (κ2) is 5.24. The molecule has 0 aromatic heterocycles. The normalized spacial score (nSPS) is 11.1.